The maximum atomic E-state index is 15.0. The van der Waals surface area contributed by atoms with Gasteiger partial charge in [0.1, 0.15) is 11.6 Å². The Kier molecular flexibility index (Phi) is 10.2. The number of carboxylic acids is 1. The van der Waals surface area contributed by atoms with Gasteiger partial charge in [0.15, 0.2) is 0 Å². The molecule has 0 atom stereocenters. The van der Waals surface area contributed by atoms with Crippen molar-refractivity contribution >= 4 is 23.2 Å². The van der Waals surface area contributed by atoms with Crippen molar-refractivity contribution in [3.8, 4) is 0 Å². The standard InChI is InChI=1S/C32H29F4NO2.C2H6/c33-25-9-11-27(29(34)18-25)28-3-1-2-23-17-24(32(38)39)8-10-26(23)31(28)22-6-4-20(5-7-22)16-21-12-14-37(19-21)15-13-30(35)36;1-2/h4-11,16-18,30H,1-3,12-15,19H2,(H,38,39);1-2H3/b21-16-;. The summed E-state index contributed by atoms with van der Waals surface area (Å²) in [6.45, 7) is 5.83. The molecule has 5 rings (SSSR count). The normalized spacial score (nSPS) is 16.4. The van der Waals surface area contributed by atoms with Gasteiger partial charge in [0.05, 0.1) is 5.56 Å². The molecule has 1 heterocycles. The molecule has 0 saturated carbocycles. The van der Waals surface area contributed by atoms with Crippen LogP contribution in [0.4, 0.5) is 17.6 Å². The fourth-order valence-electron chi connectivity index (χ4n) is 5.57. The first-order valence-corrected chi connectivity index (χ1v) is 14.1. The van der Waals surface area contributed by atoms with Crippen molar-refractivity contribution in [3.05, 3.63) is 111 Å². The highest BCUT2D eigenvalue weighted by Crippen LogP contribution is 2.41. The summed E-state index contributed by atoms with van der Waals surface area (Å²) in [6, 6.07) is 16.5. The van der Waals surface area contributed by atoms with Gasteiger partial charge in [0, 0.05) is 37.7 Å². The number of hydrogen-bond acceptors (Lipinski definition) is 2. The largest absolute Gasteiger partial charge is 0.478 e. The molecule has 0 spiro atoms. The molecule has 1 saturated heterocycles. The third-order valence-electron chi connectivity index (χ3n) is 7.46. The molecule has 0 aromatic heterocycles. The van der Waals surface area contributed by atoms with E-state index < -0.39 is 24.0 Å². The lowest BCUT2D eigenvalue weighted by molar-refractivity contribution is 0.0696. The van der Waals surface area contributed by atoms with Crippen LogP contribution in [0.2, 0.25) is 0 Å². The van der Waals surface area contributed by atoms with E-state index in [0.29, 0.717) is 37.9 Å². The van der Waals surface area contributed by atoms with Gasteiger partial charge >= 0.3 is 5.97 Å². The van der Waals surface area contributed by atoms with Gasteiger partial charge in [0.2, 0.25) is 6.43 Å². The van der Waals surface area contributed by atoms with Crippen LogP contribution in [0.25, 0.3) is 17.2 Å². The zero-order valence-corrected chi connectivity index (χ0v) is 23.4. The van der Waals surface area contributed by atoms with Gasteiger partial charge in [-0.1, -0.05) is 55.8 Å². The van der Waals surface area contributed by atoms with Crippen LogP contribution in [0.15, 0.2) is 66.2 Å². The molecule has 7 heteroatoms. The van der Waals surface area contributed by atoms with Crippen LogP contribution in [0.5, 0.6) is 0 Å². The summed E-state index contributed by atoms with van der Waals surface area (Å²) in [5.74, 6) is -2.28. The number of alkyl halides is 2. The fraction of sp³-hybridized carbons (Fsp3) is 0.324. The number of benzene rings is 3. The van der Waals surface area contributed by atoms with Gasteiger partial charge in [-0.3, -0.25) is 4.90 Å². The van der Waals surface area contributed by atoms with Crippen LogP contribution in [0.1, 0.15) is 77.7 Å². The van der Waals surface area contributed by atoms with Crippen molar-refractivity contribution in [1.29, 1.82) is 0 Å². The van der Waals surface area contributed by atoms with E-state index in [1.807, 2.05) is 43.0 Å². The third kappa shape index (κ3) is 7.33. The lowest BCUT2D eigenvalue weighted by atomic mass is 9.87. The first-order chi connectivity index (χ1) is 19.8. The Bertz CT molecular complexity index is 1440. The van der Waals surface area contributed by atoms with Crippen molar-refractivity contribution in [2.75, 3.05) is 19.6 Å². The van der Waals surface area contributed by atoms with E-state index >= 15 is 4.39 Å². The lowest BCUT2D eigenvalue weighted by Crippen LogP contribution is -2.22. The minimum atomic E-state index is -2.29. The van der Waals surface area contributed by atoms with Crippen LogP contribution in [0, 0.1) is 11.6 Å². The Morgan fingerprint density at radius 1 is 0.951 bits per heavy atom. The second-order valence-corrected chi connectivity index (χ2v) is 10.1. The molecule has 216 valence electrons. The van der Waals surface area contributed by atoms with E-state index in [4.69, 9.17) is 0 Å². The Labute approximate surface area is 238 Å². The molecule has 2 aliphatic rings. The maximum Gasteiger partial charge on any atom is 0.335 e. The molecule has 3 nitrogen and oxygen atoms in total. The van der Waals surface area contributed by atoms with Crippen molar-refractivity contribution in [3.63, 3.8) is 0 Å². The van der Waals surface area contributed by atoms with Crippen LogP contribution >= 0.6 is 0 Å². The van der Waals surface area contributed by atoms with Gasteiger partial charge < -0.3 is 5.11 Å². The Balaban J connectivity index is 0.00000189. The molecule has 3 aromatic carbocycles. The highest BCUT2D eigenvalue weighted by atomic mass is 19.3. The highest BCUT2D eigenvalue weighted by Gasteiger charge is 2.23. The number of halogens is 4. The molecule has 1 aliphatic carbocycles. The minimum Gasteiger partial charge on any atom is -0.478 e. The fourth-order valence-corrected chi connectivity index (χ4v) is 5.57. The zero-order valence-electron chi connectivity index (χ0n) is 23.4. The number of allylic oxidation sites excluding steroid dienone is 1. The summed E-state index contributed by atoms with van der Waals surface area (Å²) < 4.78 is 53.9. The molecular weight excluding hydrogens is 530 g/mol. The number of hydrogen-bond donors (Lipinski definition) is 1. The van der Waals surface area contributed by atoms with Gasteiger partial charge in [-0.05, 0) is 83.3 Å². The monoisotopic (exact) mass is 565 g/mol. The Hall–Kier alpha value is -3.71. The number of rotatable bonds is 7. The summed E-state index contributed by atoms with van der Waals surface area (Å²) in [5, 5.41) is 9.51. The molecular formula is C34H35F4NO2. The number of fused-ring (bicyclic) bond motifs is 1. The number of nitrogens with zero attached hydrogens (tertiary/aromatic N) is 1. The number of aryl methyl sites for hydroxylation is 1. The van der Waals surface area contributed by atoms with Crippen molar-refractivity contribution < 1.29 is 27.5 Å². The van der Waals surface area contributed by atoms with Crippen LogP contribution in [-0.4, -0.2) is 42.0 Å². The number of aromatic carboxylic acids is 1. The molecule has 0 bridgehead atoms. The number of carboxylic acid groups (broad SMARTS) is 1. The molecule has 0 radical (unpaired) electrons. The topological polar surface area (TPSA) is 40.5 Å². The zero-order chi connectivity index (χ0) is 29.5. The van der Waals surface area contributed by atoms with Crippen molar-refractivity contribution in [2.45, 2.75) is 52.4 Å². The SMILES string of the molecule is CC.O=C(O)c1ccc2c(c1)CCCC(c1ccc(F)cc1F)=C2c1ccc(/C=C2/CCN(CCC(F)F)C2)cc1. The smallest absolute Gasteiger partial charge is 0.335 e. The van der Waals surface area contributed by atoms with Crippen molar-refractivity contribution in [2.24, 2.45) is 0 Å². The maximum absolute atomic E-state index is 15.0. The van der Waals surface area contributed by atoms with Crippen LogP contribution in [0.3, 0.4) is 0 Å². The van der Waals surface area contributed by atoms with Gasteiger partial charge in [-0.15, -0.1) is 0 Å². The van der Waals surface area contributed by atoms with Gasteiger partial charge in [-0.2, -0.15) is 0 Å². The summed E-state index contributed by atoms with van der Waals surface area (Å²) in [4.78, 5) is 13.6. The van der Waals surface area contributed by atoms with Crippen LogP contribution in [-0.2, 0) is 6.42 Å². The highest BCUT2D eigenvalue weighted by molar-refractivity contribution is 6.00. The number of likely N-dealkylation sites (tertiary alicyclic amines) is 1. The average Bonchev–Trinajstić information content (AvgIpc) is 3.32. The van der Waals surface area contributed by atoms with E-state index in [2.05, 4.69) is 6.08 Å². The first-order valence-electron chi connectivity index (χ1n) is 14.1. The van der Waals surface area contributed by atoms with Crippen molar-refractivity contribution in [1.82, 2.24) is 4.90 Å². The van der Waals surface area contributed by atoms with Gasteiger partial charge in [-0.25, -0.2) is 22.4 Å². The Morgan fingerprint density at radius 2 is 1.68 bits per heavy atom. The first kappa shape index (κ1) is 30.3. The van der Waals surface area contributed by atoms with E-state index in [0.717, 1.165) is 52.4 Å². The van der Waals surface area contributed by atoms with Crippen LogP contribution < -0.4 is 0 Å². The molecule has 0 amide bonds. The summed E-state index contributed by atoms with van der Waals surface area (Å²) in [5.41, 5.74) is 6.84. The predicted octanol–water partition coefficient (Wildman–Crippen LogP) is 8.73. The number of carbonyl (C=O) groups is 1. The summed E-state index contributed by atoms with van der Waals surface area (Å²) in [6.07, 6.45) is 2.39. The van der Waals surface area contributed by atoms with Gasteiger partial charge in [0.25, 0.3) is 0 Å². The molecule has 1 N–H and O–H groups in total. The molecule has 0 unspecified atom stereocenters. The predicted molar refractivity (Wildman–Crippen MR) is 156 cm³/mol. The quantitative estimate of drug-likeness (QED) is 0.291. The lowest BCUT2D eigenvalue weighted by Gasteiger charge is -2.17. The second-order valence-electron chi connectivity index (χ2n) is 10.1. The second kappa shape index (κ2) is 13.8. The average molecular weight is 566 g/mol. The third-order valence-corrected chi connectivity index (χ3v) is 7.46. The summed E-state index contributed by atoms with van der Waals surface area (Å²) >= 11 is 0. The van der Waals surface area contributed by atoms with E-state index in [1.54, 1.807) is 18.2 Å². The summed E-state index contributed by atoms with van der Waals surface area (Å²) in [7, 11) is 0. The Morgan fingerprint density at radius 3 is 2.37 bits per heavy atom. The van der Waals surface area contributed by atoms with E-state index in [9.17, 15) is 23.1 Å². The van der Waals surface area contributed by atoms with E-state index in [1.165, 1.54) is 17.7 Å². The molecule has 1 aliphatic heterocycles. The minimum absolute atomic E-state index is 0.122. The molecule has 3 aromatic rings. The molecule has 1 fully saturated rings. The molecule has 41 heavy (non-hydrogen) atoms. The van der Waals surface area contributed by atoms with E-state index in [-0.39, 0.29) is 12.0 Å².